The monoisotopic (exact) mass is 271 g/mol. The van der Waals surface area contributed by atoms with E-state index in [0.29, 0.717) is 11.8 Å². The van der Waals surface area contributed by atoms with Crippen molar-refractivity contribution < 1.29 is 4.79 Å². The zero-order chi connectivity index (χ0) is 13.8. The molecular formula is C15H29NOS. The van der Waals surface area contributed by atoms with Gasteiger partial charge in [-0.2, -0.15) is 11.8 Å². The predicted molar refractivity (Wildman–Crippen MR) is 81.2 cm³/mol. The summed E-state index contributed by atoms with van der Waals surface area (Å²) < 4.78 is 0. The summed E-state index contributed by atoms with van der Waals surface area (Å²) in [6.45, 7) is 7.43. The molecule has 106 valence electrons. The number of ketones is 1. The molecule has 1 aliphatic carbocycles. The quantitative estimate of drug-likeness (QED) is 0.738. The molecule has 2 atom stereocenters. The molecule has 3 heteroatoms. The van der Waals surface area contributed by atoms with E-state index in [1.807, 2.05) is 11.8 Å². The summed E-state index contributed by atoms with van der Waals surface area (Å²) in [5.74, 6) is 1.95. The van der Waals surface area contributed by atoms with Gasteiger partial charge in [0, 0.05) is 23.9 Å². The molecule has 0 aliphatic heterocycles. The number of Topliss-reactive ketones (excluding diaryl/α,β-unsaturated/α-hetero) is 1. The molecule has 0 amide bonds. The molecule has 1 aliphatic rings. The number of carbonyl (C=O) groups excluding carboxylic acids is 1. The van der Waals surface area contributed by atoms with Gasteiger partial charge in [-0.05, 0) is 45.2 Å². The lowest BCUT2D eigenvalue weighted by Gasteiger charge is -2.36. The molecule has 1 saturated carbocycles. The van der Waals surface area contributed by atoms with E-state index in [4.69, 9.17) is 0 Å². The Labute approximate surface area is 117 Å². The van der Waals surface area contributed by atoms with Crippen LogP contribution in [0.1, 0.15) is 46.5 Å². The first-order valence-electron chi connectivity index (χ1n) is 7.12. The Morgan fingerprint density at radius 1 is 1.50 bits per heavy atom. The molecule has 0 N–H and O–H groups in total. The molecule has 0 spiro atoms. The minimum atomic E-state index is -0.0910. The number of thioether (sulfide) groups is 1. The van der Waals surface area contributed by atoms with Gasteiger partial charge in [0.25, 0.3) is 0 Å². The Kier molecular flexibility index (Phi) is 6.19. The van der Waals surface area contributed by atoms with Crippen LogP contribution in [0.15, 0.2) is 0 Å². The minimum absolute atomic E-state index is 0.0910. The SMILES string of the molecule is CSCCC(C)N(C)CC1CCCC(C)(C)C1=O. The fourth-order valence-electron chi connectivity index (χ4n) is 2.81. The minimum Gasteiger partial charge on any atom is -0.303 e. The van der Waals surface area contributed by atoms with Gasteiger partial charge in [-0.25, -0.2) is 0 Å². The Morgan fingerprint density at radius 3 is 2.78 bits per heavy atom. The average Bonchev–Trinajstić information content (AvgIpc) is 2.31. The second-order valence-electron chi connectivity index (χ2n) is 6.41. The Bertz CT molecular complexity index is 278. The van der Waals surface area contributed by atoms with E-state index in [2.05, 4.69) is 39.0 Å². The number of nitrogens with zero attached hydrogens (tertiary/aromatic N) is 1. The third-order valence-electron chi connectivity index (χ3n) is 4.39. The summed E-state index contributed by atoms with van der Waals surface area (Å²) in [6, 6.07) is 0.579. The smallest absolute Gasteiger partial charge is 0.142 e. The Balaban J connectivity index is 2.48. The van der Waals surface area contributed by atoms with E-state index in [0.717, 1.165) is 19.4 Å². The molecule has 0 aromatic heterocycles. The van der Waals surface area contributed by atoms with Crippen LogP contribution in [0.4, 0.5) is 0 Å². The van der Waals surface area contributed by atoms with E-state index in [1.54, 1.807) is 0 Å². The molecule has 2 nitrogen and oxygen atoms in total. The van der Waals surface area contributed by atoms with Gasteiger partial charge in [-0.15, -0.1) is 0 Å². The second-order valence-corrected chi connectivity index (χ2v) is 7.39. The van der Waals surface area contributed by atoms with Gasteiger partial charge in [0.15, 0.2) is 0 Å². The Hall–Kier alpha value is -0.0200. The summed E-state index contributed by atoms with van der Waals surface area (Å²) >= 11 is 1.90. The lowest BCUT2D eigenvalue weighted by Crippen LogP contribution is -2.43. The summed E-state index contributed by atoms with van der Waals surface area (Å²) in [5, 5.41) is 0. The highest BCUT2D eigenvalue weighted by Crippen LogP contribution is 2.35. The van der Waals surface area contributed by atoms with Crippen LogP contribution in [0.3, 0.4) is 0 Å². The maximum absolute atomic E-state index is 12.4. The molecular weight excluding hydrogens is 242 g/mol. The first-order valence-corrected chi connectivity index (χ1v) is 8.51. The van der Waals surface area contributed by atoms with Crippen molar-refractivity contribution in [1.82, 2.24) is 4.90 Å². The van der Waals surface area contributed by atoms with Crippen molar-refractivity contribution >= 4 is 17.5 Å². The first-order chi connectivity index (χ1) is 8.38. The van der Waals surface area contributed by atoms with Crippen molar-refractivity contribution in [2.75, 3.05) is 25.6 Å². The molecule has 1 rings (SSSR count). The van der Waals surface area contributed by atoms with Crippen LogP contribution in [-0.4, -0.2) is 42.3 Å². The number of hydrogen-bond donors (Lipinski definition) is 0. The van der Waals surface area contributed by atoms with Gasteiger partial charge >= 0.3 is 0 Å². The van der Waals surface area contributed by atoms with Crippen LogP contribution in [-0.2, 0) is 4.79 Å². The summed E-state index contributed by atoms with van der Waals surface area (Å²) in [6.07, 6.45) is 6.72. The van der Waals surface area contributed by atoms with E-state index < -0.39 is 0 Å². The topological polar surface area (TPSA) is 20.3 Å². The van der Waals surface area contributed by atoms with Gasteiger partial charge in [0.05, 0.1) is 0 Å². The van der Waals surface area contributed by atoms with E-state index in [-0.39, 0.29) is 11.3 Å². The second kappa shape index (κ2) is 6.95. The molecule has 1 fully saturated rings. The van der Waals surface area contributed by atoms with Gasteiger partial charge in [0.2, 0.25) is 0 Å². The highest BCUT2D eigenvalue weighted by molar-refractivity contribution is 7.98. The Morgan fingerprint density at radius 2 is 2.17 bits per heavy atom. The molecule has 0 heterocycles. The van der Waals surface area contributed by atoms with Crippen LogP contribution in [0.25, 0.3) is 0 Å². The molecule has 0 bridgehead atoms. The van der Waals surface area contributed by atoms with Gasteiger partial charge in [0.1, 0.15) is 5.78 Å². The van der Waals surface area contributed by atoms with Crippen LogP contribution in [0, 0.1) is 11.3 Å². The highest BCUT2D eigenvalue weighted by Gasteiger charge is 2.37. The standard InChI is InChI=1S/C15H29NOS/c1-12(8-10-18-5)16(4)11-13-7-6-9-15(2,3)14(13)17/h12-13H,6-11H2,1-5H3. The lowest BCUT2D eigenvalue weighted by molar-refractivity contribution is -0.135. The largest absolute Gasteiger partial charge is 0.303 e. The summed E-state index contributed by atoms with van der Waals surface area (Å²) in [7, 11) is 2.17. The molecule has 18 heavy (non-hydrogen) atoms. The number of rotatable bonds is 6. The molecule has 0 saturated heterocycles. The van der Waals surface area contributed by atoms with Gasteiger partial charge < -0.3 is 4.90 Å². The molecule has 0 aromatic rings. The molecule has 0 aromatic carbocycles. The first kappa shape index (κ1) is 16.0. The third kappa shape index (κ3) is 4.27. The third-order valence-corrected chi connectivity index (χ3v) is 5.04. The van der Waals surface area contributed by atoms with Crippen molar-refractivity contribution in [3.63, 3.8) is 0 Å². The van der Waals surface area contributed by atoms with E-state index >= 15 is 0 Å². The van der Waals surface area contributed by atoms with Crippen LogP contribution in [0.5, 0.6) is 0 Å². The summed E-state index contributed by atoms with van der Waals surface area (Å²) in [4.78, 5) is 14.8. The average molecular weight is 271 g/mol. The molecule has 0 radical (unpaired) electrons. The lowest BCUT2D eigenvalue weighted by atomic mass is 9.71. The van der Waals surface area contributed by atoms with Crippen molar-refractivity contribution in [3.05, 3.63) is 0 Å². The van der Waals surface area contributed by atoms with Crippen molar-refractivity contribution in [3.8, 4) is 0 Å². The fourth-order valence-corrected chi connectivity index (χ4v) is 3.38. The number of carbonyl (C=O) groups is 1. The zero-order valence-corrected chi connectivity index (χ0v) is 13.5. The maximum Gasteiger partial charge on any atom is 0.142 e. The van der Waals surface area contributed by atoms with E-state index in [1.165, 1.54) is 18.6 Å². The van der Waals surface area contributed by atoms with Crippen LogP contribution >= 0.6 is 11.8 Å². The van der Waals surface area contributed by atoms with Crippen molar-refractivity contribution in [1.29, 1.82) is 0 Å². The van der Waals surface area contributed by atoms with Gasteiger partial charge in [-0.3, -0.25) is 4.79 Å². The van der Waals surface area contributed by atoms with Gasteiger partial charge in [-0.1, -0.05) is 20.3 Å². The predicted octanol–water partition coefficient (Wildman–Crippen LogP) is 3.46. The maximum atomic E-state index is 12.4. The van der Waals surface area contributed by atoms with Crippen molar-refractivity contribution in [2.24, 2.45) is 11.3 Å². The normalized spacial score (nSPS) is 25.4. The van der Waals surface area contributed by atoms with Crippen molar-refractivity contribution in [2.45, 2.75) is 52.5 Å². The number of hydrogen-bond acceptors (Lipinski definition) is 3. The fraction of sp³-hybridized carbons (Fsp3) is 0.933. The van der Waals surface area contributed by atoms with E-state index in [9.17, 15) is 4.79 Å². The zero-order valence-electron chi connectivity index (χ0n) is 12.7. The van der Waals surface area contributed by atoms with Crippen LogP contribution in [0.2, 0.25) is 0 Å². The van der Waals surface area contributed by atoms with Crippen LogP contribution < -0.4 is 0 Å². The highest BCUT2D eigenvalue weighted by atomic mass is 32.2. The molecule has 2 unspecified atom stereocenters. The summed E-state index contributed by atoms with van der Waals surface area (Å²) in [5.41, 5.74) is -0.0910.